The summed E-state index contributed by atoms with van der Waals surface area (Å²) >= 11 is 5.61. The van der Waals surface area contributed by atoms with Crippen molar-refractivity contribution < 1.29 is 22.4 Å². The molecule has 9 heteroatoms. The van der Waals surface area contributed by atoms with Crippen LogP contribution in [-0.2, 0) is 6.18 Å². The number of hydrogen-bond acceptors (Lipinski definition) is 3. The van der Waals surface area contributed by atoms with Gasteiger partial charge in [0.25, 0.3) is 5.91 Å². The first-order valence-corrected chi connectivity index (χ1v) is 6.62. The smallest absolute Gasteiger partial charge is 0.355 e. The molecule has 0 spiro atoms. The van der Waals surface area contributed by atoms with Crippen LogP contribution in [0.2, 0.25) is 5.15 Å². The minimum absolute atomic E-state index is 0.145. The van der Waals surface area contributed by atoms with E-state index in [4.69, 9.17) is 11.6 Å². The molecular formula is C14H10ClF4N3O. The van der Waals surface area contributed by atoms with Crippen LogP contribution in [0.25, 0.3) is 0 Å². The topological polar surface area (TPSA) is 54.0 Å². The van der Waals surface area contributed by atoms with Crippen molar-refractivity contribution in [3.63, 3.8) is 0 Å². The molecule has 0 radical (unpaired) electrons. The number of para-hydroxylation sites is 1. The molecule has 2 rings (SSSR count). The van der Waals surface area contributed by atoms with Gasteiger partial charge in [-0.05, 0) is 18.2 Å². The third kappa shape index (κ3) is 3.70. The Kier molecular flexibility index (Phi) is 4.74. The van der Waals surface area contributed by atoms with Gasteiger partial charge >= 0.3 is 6.18 Å². The highest BCUT2D eigenvalue weighted by molar-refractivity contribution is 6.29. The van der Waals surface area contributed by atoms with Crippen LogP contribution in [0.1, 0.15) is 15.9 Å². The lowest BCUT2D eigenvalue weighted by Crippen LogP contribution is -2.20. The number of alkyl halides is 3. The molecule has 1 amide bonds. The highest BCUT2D eigenvalue weighted by Gasteiger charge is 2.34. The van der Waals surface area contributed by atoms with Crippen molar-refractivity contribution in [1.82, 2.24) is 10.3 Å². The van der Waals surface area contributed by atoms with E-state index in [9.17, 15) is 22.4 Å². The van der Waals surface area contributed by atoms with Gasteiger partial charge in [0, 0.05) is 13.2 Å². The number of nitrogens with one attached hydrogen (secondary N) is 2. The first kappa shape index (κ1) is 17.0. The third-order valence-electron chi connectivity index (χ3n) is 2.92. The van der Waals surface area contributed by atoms with Crippen LogP contribution in [0.15, 0.2) is 30.5 Å². The average Bonchev–Trinajstić information content (AvgIpc) is 2.47. The van der Waals surface area contributed by atoms with Gasteiger partial charge in [-0.3, -0.25) is 4.79 Å². The second-order valence-corrected chi connectivity index (χ2v) is 4.80. The molecule has 2 aromatic rings. The van der Waals surface area contributed by atoms with E-state index >= 15 is 0 Å². The van der Waals surface area contributed by atoms with E-state index in [1.807, 2.05) is 0 Å². The van der Waals surface area contributed by atoms with Crippen LogP contribution >= 0.6 is 11.6 Å². The number of amides is 1. The second kappa shape index (κ2) is 6.41. The Labute approximate surface area is 133 Å². The highest BCUT2D eigenvalue weighted by atomic mass is 35.5. The minimum Gasteiger partial charge on any atom is -0.355 e. The third-order valence-corrected chi connectivity index (χ3v) is 3.13. The first-order valence-electron chi connectivity index (χ1n) is 6.24. The van der Waals surface area contributed by atoms with E-state index < -0.39 is 29.2 Å². The fraction of sp³-hybridized carbons (Fsp3) is 0.143. The second-order valence-electron chi connectivity index (χ2n) is 4.42. The normalized spacial score (nSPS) is 11.2. The van der Waals surface area contributed by atoms with E-state index in [0.29, 0.717) is 6.20 Å². The Morgan fingerprint density at radius 3 is 2.61 bits per heavy atom. The van der Waals surface area contributed by atoms with Crippen molar-refractivity contribution in [1.29, 1.82) is 0 Å². The highest BCUT2D eigenvalue weighted by Crippen LogP contribution is 2.37. The number of aromatic nitrogens is 1. The molecule has 1 aromatic carbocycles. The predicted molar refractivity (Wildman–Crippen MR) is 77.3 cm³/mol. The van der Waals surface area contributed by atoms with E-state index in [1.165, 1.54) is 19.2 Å². The zero-order valence-corrected chi connectivity index (χ0v) is 12.4. The Bertz CT molecular complexity index is 749. The standard InChI is InChI=1S/C14H10ClF4N3O/c1-20-13(23)7-3-2-4-9(16)12(7)22-10-5-11(15)21-6-8(10)14(17,18)19/h2-6H,1H3,(H,20,23)(H,21,22). The number of halogens is 5. The number of anilines is 2. The fourth-order valence-corrected chi connectivity index (χ4v) is 2.03. The van der Waals surface area contributed by atoms with Gasteiger partial charge in [0.2, 0.25) is 0 Å². The van der Waals surface area contributed by atoms with E-state index in [2.05, 4.69) is 15.6 Å². The molecule has 0 bridgehead atoms. The molecular weight excluding hydrogens is 338 g/mol. The van der Waals surface area contributed by atoms with Gasteiger partial charge in [-0.25, -0.2) is 9.37 Å². The van der Waals surface area contributed by atoms with Gasteiger partial charge in [0.1, 0.15) is 11.0 Å². The largest absolute Gasteiger partial charge is 0.419 e. The summed E-state index contributed by atoms with van der Waals surface area (Å²) in [6.07, 6.45) is -4.19. The lowest BCUT2D eigenvalue weighted by atomic mass is 10.1. The van der Waals surface area contributed by atoms with Gasteiger partial charge in [-0.15, -0.1) is 0 Å². The van der Waals surface area contributed by atoms with Gasteiger partial charge < -0.3 is 10.6 Å². The van der Waals surface area contributed by atoms with Crippen molar-refractivity contribution in [2.24, 2.45) is 0 Å². The molecule has 0 saturated carbocycles. The Hall–Kier alpha value is -2.35. The van der Waals surface area contributed by atoms with Crippen molar-refractivity contribution in [2.45, 2.75) is 6.18 Å². The molecule has 0 aliphatic rings. The van der Waals surface area contributed by atoms with Gasteiger partial charge in [-0.2, -0.15) is 13.2 Å². The summed E-state index contributed by atoms with van der Waals surface area (Å²) < 4.78 is 53.0. The number of hydrogen-bond donors (Lipinski definition) is 2. The zero-order chi connectivity index (χ0) is 17.2. The van der Waals surface area contributed by atoms with Crippen LogP contribution in [0.5, 0.6) is 0 Å². The minimum atomic E-state index is -4.72. The summed E-state index contributed by atoms with van der Waals surface area (Å²) in [5.74, 6) is -1.53. The van der Waals surface area contributed by atoms with Crippen molar-refractivity contribution >= 4 is 28.9 Å². The number of rotatable bonds is 3. The zero-order valence-electron chi connectivity index (χ0n) is 11.6. The predicted octanol–water partition coefficient (Wildman–Crippen LogP) is 4.00. The molecule has 0 atom stereocenters. The van der Waals surface area contributed by atoms with E-state index in [1.54, 1.807) is 0 Å². The fourth-order valence-electron chi connectivity index (χ4n) is 1.87. The summed E-state index contributed by atoms with van der Waals surface area (Å²) in [6, 6.07) is 4.48. The lowest BCUT2D eigenvalue weighted by molar-refractivity contribution is -0.137. The maximum Gasteiger partial charge on any atom is 0.419 e. The molecule has 0 unspecified atom stereocenters. The van der Waals surface area contributed by atoms with Crippen LogP contribution in [0.3, 0.4) is 0 Å². The lowest BCUT2D eigenvalue weighted by Gasteiger charge is -2.16. The van der Waals surface area contributed by atoms with Crippen molar-refractivity contribution in [3.8, 4) is 0 Å². The molecule has 0 aliphatic heterocycles. The van der Waals surface area contributed by atoms with Gasteiger partial charge in [0.05, 0.1) is 22.5 Å². The summed E-state index contributed by atoms with van der Waals surface area (Å²) in [6.45, 7) is 0. The van der Waals surface area contributed by atoms with Crippen LogP contribution in [0.4, 0.5) is 28.9 Å². The number of nitrogens with zero attached hydrogens (tertiary/aromatic N) is 1. The maximum absolute atomic E-state index is 14.0. The molecule has 2 N–H and O–H groups in total. The average molecular weight is 348 g/mol. The maximum atomic E-state index is 14.0. The van der Waals surface area contributed by atoms with Crippen LogP contribution < -0.4 is 10.6 Å². The van der Waals surface area contributed by atoms with E-state index in [-0.39, 0.29) is 16.4 Å². The number of benzene rings is 1. The molecule has 122 valence electrons. The van der Waals surface area contributed by atoms with Gasteiger partial charge in [-0.1, -0.05) is 17.7 Å². The number of pyridine rings is 1. The Morgan fingerprint density at radius 2 is 2.00 bits per heavy atom. The number of carbonyl (C=O) groups excluding carboxylic acids is 1. The summed E-state index contributed by atoms with van der Waals surface area (Å²) in [5, 5.41) is 4.37. The monoisotopic (exact) mass is 347 g/mol. The summed E-state index contributed by atoms with van der Waals surface area (Å²) in [4.78, 5) is 15.1. The molecule has 1 heterocycles. The molecule has 0 aliphatic carbocycles. The van der Waals surface area contributed by atoms with Gasteiger partial charge in [0.15, 0.2) is 0 Å². The molecule has 0 saturated heterocycles. The van der Waals surface area contributed by atoms with Crippen LogP contribution in [-0.4, -0.2) is 17.9 Å². The SMILES string of the molecule is CNC(=O)c1cccc(F)c1Nc1cc(Cl)ncc1C(F)(F)F. The van der Waals surface area contributed by atoms with Crippen LogP contribution in [0, 0.1) is 5.82 Å². The summed E-state index contributed by atoms with van der Waals surface area (Å²) in [7, 11) is 1.32. The summed E-state index contributed by atoms with van der Waals surface area (Å²) in [5.41, 5.74) is -2.17. The van der Waals surface area contributed by atoms with E-state index in [0.717, 1.165) is 12.1 Å². The van der Waals surface area contributed by atoms with Crippen molar-refractivity contribution in [3.05, 3.63) is 52.6 Å². The van der Waals surface area contributed by atoms with Crippen molar-refractivity contribution in [2.75, 3.05) is 12.4 Å². The molecule has 4 nitrogen and oxygen atoms in total. The quantitative estimate of drug-likeness (QED) is 0.652. The molecule has 23 heavy (non-hydrogen) atoms. The molecule has 1 aromatic heterocycles. The first-order chi connectivity index (χ1) is 10.7. The Balaban J connectivity index is 2.56. The Morgan fingerprint density at radius 1 is 1.30 bits per heavy atom. The molecule has 0 fully saturated rings. The number of carbonyl (C=O) groups is 1.